The minimum Gasteiger partial charge on any atom is -0.494 e. The first-order valence-electron chi connectivity index (χ1n) is 6.79. The minimum atomic E-state index is -0.122. The Hall–Kier alpha value is -1.31. The molecule has 0 aromatic heterocycles. The van der Waals surface area contributed by atoms with Crippen LogP contribution in [0.1, 0.15) is 44.1 Å². The van der Waals surface area contributed by atoms with Crippen molar-refractivity contribution in [3.05, 3.63) is 42.2 Å². The zero-order chi connectivity index (χ0) is 13.0. The van der Waals surface area contributed by atoms with Gasteiger partial charge in [0.2, 0.25) is 0 Å². The second-order valence-electron chi connectivity index (χ2n) is 4.96. The number of ether oxygens (including phenoxy) is 1. The highest BCUT2D eigenvalue weighted by molar-refractivity contribution is 5.31. The molecule has 0 amide bonds. The highest BCUT2D eigenvalue weighted by Gasteiger charge is 2.22. The van der Waals surface area contributed by atoms with Crippen LogP contribution in [0.15, 0.2) is 30.9 Å². The van der Waals surface area contributed by atoms with Crippen molar-refractivity contribution in [2.24, 2.45) is 5.92 Å². The maximum absolute atomic E-state index is 14.0. The smallest absolute Gasteiger partial charge is 0.130 e. The van der Waals surface area contributed by atoms with Crippen LogP contribution in [0.4, 0.5) is 4.39 Å². The molecule has 0 bridgehead atoms. The van der Waals surface area contributed by atoms with Crippen molar-refractivity contribution in [3.63, 3.8) is 0 Å². The van der Waals surface area contributed by atoms with E-state index < -0.39 is 0 Å². The minimum absolute atomic E-state index is 0.122. The van der Waals surface area contributed by atoms with E-state index in [4.69, 9.17) is 4.74 Å². The van der Waals surface area contributed by atoms with E-state index in [1.54, 1.807) is 0 Å². The second kappa shape index (κ2) is 6.03. The molecule has 1 aromatic carbocycles. The van der Waals surface area contributed by atoms with Crippen molar-refractivity contribution in [2.75, 3.05) is 6.61 Å². The SMILES string of the molecule is C=CC1CCC(c2ccc(OCC)cc2F)CC1. The van der Waals surface area contributed by atoms with Crippen LogP contribution in [0.2, 0.25) is 0 Å². The third-order valence-electron chi connectivity index (χ3n) is 3.83. The third-order valence-corrected chi connectivity index (χ3v) is 3.83. The zero-order valence-corrected chi connectivity index (χ0v) is 11.0. The monoisotopic (exact) mass is 248 g/mol. The maximum atomic E-state index is 14.0. The lowest BCUT2D eigenvalue weighted by molar-refractivity contribution is 0.336. The molecule has 18 heavy (non-hydrogen) atoms. The first-order chi connectivity index (χ1) is 8.74. The maximum Gasteiger partial charge on any atom is 0.130 e. The van der Waals surface area contributed by atoms with Crippen LogP contribution in [0.3, 0.4) is 0 Å². The van der Waals surface area contributed by atoms with Gasteiger partial charge in [-0.2, -0.15) is 0 Å². The normalized spacial score (nSPS) is 23.7. The van der Waals surface area contributed by atoms with Crippen molar-refractivity contribution in [1.29, 1.82) is 0 Å². The van der Waals surface area contributed by atoms with Gasteiger partial charge < -0.3 is 4.74 Å². The molecule has 98 valence electrons. The quantitative estimate of drug-likeness (QED) is 0.703. The highest BCUT2D eigenvalue weighted by atomic mass is 19.1. The number of allylic oxidation sites excluding steroid dienone is 1. The highest BCUT2D eigenvalue weighted by Crippen LogP contribution is 2.37. The summed E-state index contributed by atoms with van der Waals surface area (Å²) < 4.78 is 19.3. The molecule has 1 aliphatic carbocycles. The molecule has 1 saturated carbocycles. The van der Waals surface area contributed by atoms with E-state index in [2.05, 4.69) is 6.58 Å². The van der Waals surface area contributed by atoms with Crippen LogP contribution < -0.4 is 4.74 Å². The topological polar surface area (TPSA) is 9.23 Å². The Morgan fingerprint density at radius 3 is 2.61 bits per heavy atom. The average molecular weight is 248 g/mol. The summed E-state index contributed by atoms with van der Waals surface area (Å²) in [6.07, 6.45) is 6.40. The summed E-state index contributed by atoms with van der Waals surface area (Å²) in [7, 11) is 0. The molecule has 0 unspecified atom stereocenters. The predicted molar refractivity (Wildman–Crippen MR) is 72.5 cm³/mol. The van der Waals surface area contributed by atoms with E-state index >= 15 is 0 Å². The Bertz CT molecular complexity index is 406. The van der Waals surface area contributed by atoms with E-state index in [0.29, 0.717) is 24.2 Å². The average Bonchev–Trinajstić information content (AvgIpc) is 2.40. The standard InChI is InChI=1S/C16H21FO/c1-3-12-5-7-13(8-6-12)15-10-9-14(18-4-2)11-16(15)17/h3,9-13H,1,4-8H2,2H3. The summed E-state index contributed by atoms with van der Waals surface area (Å²) in [5.74, 6) is 1.48. The van der Waals surface area contributed by atoms with Crippen LogP contribution in [0.5, 0.6) is 5.75 Å². The number of benzene rings is 1. The molecule has 0 aliphatic heterocycles. The van der Waals surface area contributed by atoms with E-state index in [-0.39, 0.29) is 5.82 Å². The summed E-state index contributed by atoms with van der Waals surface area (Å²) in [5.41, 5.74) is 0.848. The van der Waals surface area contributed by atoms with Crippen molar-refractivity contribution >= 4 is 0 Å². The van der Waals surface area contributed by atoms with Gasteiger partial charge in [0, 0.05) is 6.07 Å². The second-order valence-corrected chi connectivity index (χ2v) is 4.96. The van der Waals surface area contributed by atoms with E-state index in [1.165, 1.54) is 6.07 Å². The first-order valence-corrected chi connectivity index (χ1v) is 6.79. The number of hydrogen-bond acceptors (Lipinski definition) is 1. The van der Waals surface area contributed by atoms with E-state index in [0.717, 1.165) is 31.2 Å². The van der Waals surface area contributed by atoms with Crippen molar-refractivity contribution in [3.8, 4) is 5.75 Å². The summed E-state index contributed by atoms with van der Waals surface area (Å²) in [5, 5.41) is 0. The third kappa shape index (κ3) is 2.92. The van der Waals surface area contributed by atoms with Gasteiger partial charge in [0.05, 0.1) is 6.61 Å². The van der Waals surface area contributed by atoms with Crippen molar-refractivity contribution in [1.82, 2.24) is 0 Å². The Labute approximate surface area is 109 Å². The fourth-order valence-electron chi connectivity index (χ4n) is 2.76. The van der Waals surface area contributed by atoms with Crippen LogP contribution in [0.25, 0.3) is 0 Å². The molecule has 2 rings (SSSR count). The largest absolute Gasteiger partial charge is 0.494 e. The van der Waals surface area contributed by atoms with Crippen LogP contribution in [-0.2, 0) is 0 Å². The molecular formula is C16H21FO. The number of rotatable bonds is 4. The van der Waals surface area contributed by atoms with Gasteiger partial charge in [-0.15, -0.1) is 6.58 Å². The molecule has 1 nitrogen and oxygen atoms in total. The van der Waals surface area contributed by atoms with Crippen molar-refractivity contribution in [2.45, 2.75) is 38.5 Å². The molecule has 0 saturated heterocycles. The van der Waals surface area contributed by atoms with Crippen LogP contribution in [0, 0.1) is 11.7 Å². The molecular weight excluding hydrogens is 227 g/mol. The molecule has 0 N–H and O–H groups in total. The van der Waals surface area contributed by atoms with Crippen molar-refractivity contribution < 1.29 is 9.13 Å². The Morgan fingerprint density at radius 2 is 2.06 bits per heavy atom. The van der Waals surface area contributed by atoms with Crippen LogP contribution >= 0.6 is 0 Å². The molecule has 0 heterocycles. The zero-order valence-electron chi connectivity index (χ0n) is 11.0. The van der Waals surface area contributed by atoms with Gasteiger partial charge in [0.25, 0.3) is 0 Å². The van der Waals surface area contributed by atoms with Crippen LogP contribution in [-0.4, -0.2) is 6.61 Å². The van der Waals surface area contributed by atoms with E-state index in [1.807, 2.05) is 25.1 Å². The van der Waals surface area contributed by atoms with Gasteiger partial charge >= 0.3 is 0 Å². The first kappa shape index (κ1) is 13.1. The Morgan fingerprint density at radius 1 is 1.33 bits per heavy atom. The molecule has 2 heteroatoms. The van der Waals surface area contributed by atoms with Gasteiger partial charge in [-0.3, -0.25) is 0 Å². The molecule has 1 aliphatic rings. The molecule has 1 fully saturated rings. The van der Waals surface area contributed by atoms with Gasteiger partial charge in [-0.05, 0) is 56.1 Å². The fraction of sp³-hybridized carbons (Fsp3) is 0.500. The van der Waals surface area contributed by atoms with Gasteiger partial charge in [0.1, 0.15) is 11.6 Å². The van der Waals surface area contributed by atoms with Gasteiger partial charge in [-0.25, -0.2) is 4.39 Å². The van der Waals surface area contributed by atoms with Gasteiger partial charge in [0.15, 0.2) is 0 Å². The lowest BCUT2D eigenvalue weighted by Crippen LogP contribution is -2.12. The summed E-state index contributed by atoms with van der Waals surface area (Å²) in [4.78, 5) is 0. The molecule has 0 radical (unpaired) electrons. The fourth-order valence-corrected chi connectivity index (χ4v) is 2.76. The molecule has 0 atom stereocenters. The lowest BCUT2D eigenvalue weighted by Gasteiger charge is -2.27. The summed E-state index contributed by atoms with van der Waals surface area (Å²) in [6.45, 7) is 6.32. The molecule has 1 aromatic rings. The Kier molecular flexibility index (Phi) is 4.40. The Balaban J connectivity index is 2.07. The predicted octanol–water partition coefficient (Wildman–Crippen LogP) is 4.68. The number of hydrogen-bond donors (Lipinski definition) is 0. The van der Waals surface area contributed by atoms with E-state index in [9.17, 15) is 4.39 Å². The van der Waals surface area contributed by atoms with Gasteiger partial charge in [-0.1, -0.05) is 12.1 Å². The molecule has 0 spiro atoms. The summed E-state index contributed by atoms with van der Waals surface area (Å²) in [6, 6.07) is 5.28. The number of halogens is 1. The lowest BCUT2D eigenvalue weighted by atomic mass is 9.78. The summed E-state index contributed by atoms with van der Waals surface area (Å²) >= 11 is 0.